The molecule has 0 bridgehead atoms. The van der Waals surface area contributed by atoms with E-state index in [-0.39, 0.29) is 17.9 Å². The van der Waals surface area contributed by atoms with Crippen molar-refractivity contribution < 1.29 is 14.3 Å². The van der Waals surface area contributed by atoms with Crippen LogP contribution in [0.1, 0.15) is 46.5 Å². The summed E-state index contributed by atoms with van der Waals surface area (Å²) in [7, 11) is 0. The molecule has 1 aliphatic carbocycles. The Bertz CT molecular complexity index is 548. The van der Waals surface area contributed by atoms with Crippen molar-refractivity contribution in [1.82, 2.24) is 5.32 Å². The van der Waals surface area contributed by atoms with E-state index in [0.29, 0.717) is 25.1 Å². The van der Waals surface area contributed by atoms with E-state index in [1.165, 1.54) is 0 Å². The number of hydrogen-bond donors (Lipinski definition) is 2. The molecule has 0 spiro atoms. The average molecular weight is 318 g/mol. The minimum Gasteiger partial charge on any atom is -0.491 e. The van der Waals surface area contributed by atoms with Crippen LogP contribution in [-0.2, 0) is 9.59 Å². The SMILES string of the molecule is CCCCNC(=O)C1(C(=O)Nc2ccc(OC(C)C)cc2)CC1. The summed E-state index contributed by atoms with van der Waals surface area (Å²) >= 11 is 0. The molecular weight excluding hydrogens is 292 g/mol. The lowest BCUT2D eigenvalue weighted by atomic mass is 10.0. The van der Waals surface area contributed by atoms with E-state index in [1.807, 2.05) is 26.0 Å². The van der Waals surface area contributed by atoms with Gasteiger partial charge >= 0.3 is 0 Å². The summed E-state index contributed by atoms with van der Waals surface area (Å²) in [5, 5.41) is 5.71. The second-order valence-electron chi connectivity index (χ2n) is 6.34. The van der Waals surface area contributed by atoms with Crippen LogP contribution >= 0.6 is 0 Å². The van der Waals surface area contributed by atoms with Gasteiger partial charge in [0.15, 0.2) is 0 Å². The molecule has 1 fully saturated rings. The van der Waals surface area contributed by atoms with Crippen molar-refractivity contribution in [2.24, 2.45) is 5.41 Å². The van der Waals surface area contributed by atoms with Crippen LogP contribution in [0.4, 0.5) is 5.69 Å². The number of nitrogens with one attached hydrogen (secondary N) is 2. The summed E-state index contributed by atoms with van der Waals surface area (Å²) in [6.45, 7) is 6.62. The third kappa shape index (κ3) is 4.47. The number of hydrogen-bond acceptors (Lipinski definition) is 3. The Labute approximate surface area is 137 Å². The van der Waals surface area contributed by atoms with Gasteiger partial charge in [0.2, 0.25) is 11.8 Å². The van der Waals surface area contributed by atoms with Crippen LogP contribution in [0, 0.1) is 5.41 Å². The lowest BCUT2D eigenvalue weighted by Crippen LogP contribution is -2.40. The van der Waals surface area contributed by atoms with Crippen molar-refractivity contribution in [1.29, 1.82) is 0 Å². The first-order valence-corrected chi connectivity index (χ1v) is 8.34. The summed E-state index contributed by atoms with van der Waals surface area (Å²) in [5.74, 6) is 0.392. The number of amides is 2. The van der Waals surface area contributed by atoms with Crippen molar-refractivity contribution in [3.8, 4) is 5.75 Å². The van der Waals surface area contributed by atoms with Crippen LogP contribution in [0.5, 0.6) is 5.75 Å². The fourth-order valence-electron chi connectivity index (χ4n) is 2.37. The van der Waals surface area contributed by atoms with E-state index < -0.39 is 5.41 Å². The molecule has 2 N–H and O–H groups in total. The molecule has 2 rings (SSSR count). The van der Waals surface area contributed by atoms with Gasteiger partial charge in [-0.05, 0) is 57.4 Å². The number of carbonyl (C=O) groups is 2. The normalized spacial score (nSPS) is 15.1. The molecule has 1 aliphatic rings. The molecule has 0 aromatic heterocycles. The zero-order valence-electron chi connectivity index (χ0n) is 14.1. The molecule has 0 unspecified atom stereocenters. The van der Waals surface area contributed by atoms with Gasteiger partial charge in [-0.1, -0.05) is 13.3 Å². The highest BCUT2D eigenvalue weighted by atomic mass is 16.5. The minimum atomic E-state index is -0.874. The van der Waals surface area contributed by atoms with E-state index in [0.717, 1.165) is 18.6 Å². The van der Waals surface area contributed by atoms with Crippen molar-refractivity contribution >= 4 is 17.5 Å². The predicted molar refractivity (Wildman–Crippen MR) is 90.4 cm³/mol. The van der Waals surface area contributed by atoms with E-state index in [2.05, 4.69) is 17.6 Å². The van der Waals surface area contributed by atoms with Gasteiger partial charge in [-0.3, -0.25) is 9.59 Å². The molecule has 0 aliphatic heterocycles. The predicted octanol–water partition coefficient (Wildman–Crippen LogP) is 3.11. The first kappa shape index (κ1) is 17.3. The zero-order chi connectivity index (χ0) is 16.9. The molecule has 0 radical (unpaired) electrons. The van der Waals surface area contributed by atoms with E-state index in [9.17, 15) is 9.59 Å². The molecule has 1 aromatic carbocycles. The van der Waals surface area contributed by atoms with Gasteiger partial charge in [0.1, 0.15) is 11.2 Å². The first-order chi connectivity index (χ1) is 11.0. The van der Waals surface area contributed by atoms with Gasteiger partial charge < -0.3 is 15.4 Å². The van der Waals surface area contributed by atoms with Crippen LogP contribution in [0.3, 0.4) is 0 Å². The van der Waals surface area contributed by atoms with Gasteiger partial charge in [-0.2, -0.15) is 0 Å². The number of rotatable bonds is 8. The van der Waals surface area contributed by atoms with E-state index in [4.69, 9.17) is 4.74 Å². The van der Waals surface area contributed by atoms with Crippen molar-refractivity contribution in [2.45, 2.75) is 52.6 Å². The summed E-state index contributed by atoms with van der Waals surface area (Å²) in [6, 6.07) is 7.22. The number of carbonyl (C=O) groups excluding carboxylic acids is 2. The molecule has 126 valence electrons. The minimum absolute atomic E-state index is 0.108. The Balaban J connectivity index is 1.92. The fraction of sp³-hybridized carbons (Fsp3) is 0.556. The molecule has 23 heavy (non-hydrogen) atoms. The lowest BCUT2D eigenvalue weighted by Gasteiger charge is -2.16. The van der Waals surface area contributed by atoms with Crippen LogP contribution in [0.15, 0.2) is 24.3 Å². The van der Waals surface area contributed by atoms with Gasteiger partial charge in [0, 0.05) is 12.2 Å². The Morgan fingerprint density at radius 3 is 2.35 bits per heavy atom. The smallest absolute Gasteiger partial charge is 0.240 e. The molecule has 0 atom stereocenters. The van der Waals surface area contributed by atoms with Crippen LogP contribution in [-0.4, -0.2) is 24.5 Å². The van der Waals surface area contributed by atoms with Gasteiger partial charge in [-0.25, -0.2) is 0 Å². The number of benzene rings is 1. The summed E-state index contributed by atoms with van der Waals surface area (Å²) < 4.78 is 5.57. The number of anilines is 1. The van der Waals surface area contributed by atoms with Crippen LogP contribution in [0.25, 0.3) is 0 Å². The standard InChI is InChI=1S/C18H26N2O3/c1-4-5-12-19-16(21)18(10-11-18)17(22)20-14-6-8-15(9-7-14)23-13(2)3/h6-9,13H,4-5,10-12H2,1-3H3,(H,19,21)(H,20,22). The summed E-state index contributed by atoms with van der Waals surface area (Å²) in [5.41, 5.74) is -0.195. The number of ether oxygens (including phenoxy) is 1. The molecule has 0 saturated heterocycles. The maximum absolute atomic E-state index is 12.4. The molecule has 0 heterocycles. The molecular formula is C18H26N2O3. The topological polar surface area (TPSA) is 67.4 Å². The Kier molecular flexibility index (Phi) is 5.64. The average Bonchev–Trinajstić information content (AvgIpc) is 3.30. The second kappa shape index (κ2) is 7.49. The summed E-state index contributed by atoms with van der Waals surface area (Å²) in [4.78, 5) is 24.6. The molecule has 1 saturated carbocycles. The van der Waals surface area contributed by atoms with Crippen molar-refractivity contribution in [3.63, 3.8) is 0 Å². The quantitative estimate of drug-likeness (QED) is 0.572. The molecule has 2 amide bonds. The zero-order valence-corrected chi connectivity index (χ0v) is 14.1. The van der Waals surface area contributed by atoms with Crippen LogP contribution in [0.2, 0.25) is 0 Å². The monoisotopic (exact) mass is 318 g/mol. The van der Waals surface area contributed by atoms with Gasteiger partial charge in [0.05, 0.1) is 6.10 Å². The van der Waals surface area contributed by atoms with Gasteiger partial charge in [0.25, 0.3) is 0 Å². The van der Waals surface area contributed by atoms with E-state index in [1.54, 1.807) is 12.1 Å². The van der Waals surface area contributed by atoms with Crippen molar-refractivity contribution in [3.05, 3.63) is 24.3 Å². The fourth-order valence-corrected chi connectivity index (χ4v) is 2.37. The number of unbranched alkanes of at least 4 members (excludes halogenated alkanes) is 1. The molecule has 5 nitrogen and oxygen atoms in total. The Morgan fingerprint density at radius 1 is 1.17 bits per heavy atom. The second-order valence-corrected chi connectivity index (χ2v) is 6.34. The first-order valence-electron chi connectivity index (χ1n) is 8.34. The Morgan fingerprint density at radius 2 is 1.83 bits per heavy atom. The third-order valence-electron chi connectivity index (χ3n) is 3.92. The Hall–Kier alpha value is -2.04. The molecule has 1 aromatic rings. The summed E-state index contributed by atoms with van der Waals surface area (Å²) in [6.07, 6.45) is 3.29. The lowest BCUT2D eigenvalue weighted by molar-refractivity contribution is -0.134. The highest BCUT2D eigenvalue weighted by Gasteiger charge is 2.56. The maximum Gasteiger partial charge on any atom is 0.240 e. The van der Waals surface area contributed by atoms with Crippen molar-refractivity contribution in [2.75, 3.05) is 11.9 Å². The highest BCUT2D eigenvalue weighted by molar-refractivity contribution is 6.13. The van der Waals surface area contributed by atoms with Gasteiger partial charge in [-0.15, -0.1) is 0 Å². The largest absolute Gasteiger partial charge is 0.491 e. The molecule has 5 heteroatoms. The van der Waals surface area contributed by atoms with E-state index >= 15 is 0 Å². The highest BCUT2D eigenvalue weighted by Crippen LogP contribution is 2.46. The van der Waals surface area contributed by atoms with Crippen LogP contribution < -0.4 is 15.4 Å². The maximum atomic E-state index is 12.4. The third-order valence-corrected chi connectivity index (χ3v) is 3.92.